The van der Waals surface area contributed by atoms with Crippen molar-refractivity contribution in [2.24, 2.45) is 0 Å². The zero-order chi connectivity index (χ0) is 16.9. The van der Waals surface area contributed by atoms with Crippen molar-refractivity contribution < 1.29 is 4.79 Å². The lowest BCUT2D eigenvalue weighted by atomic mass is 10.1. The fraction of sp³-hybridized carbons (Fsp3) is 0.421. The molecule has 126 valence electrons. The molecule has 0 radical (unpaired) electrons. The lowest BCUT2D eigenvalue weighted by molar-refractivity contribution is 0.0779. The summed E-state index contributed by atoms with van der Waals surface area (Å²) in [5.74, 6) is -0.109. The van der Waals surface area contributed by atoms with Gasteiger partial charge in [0.15, 0.2) is 0 Å². The van der Waals surface area contributed by atoms with Crippen molar-refractivity contribution >= 4 is 11.6 Å². The fourth-order valence-electron chi connectivity index (χ4n) is 3.01. The summed E-state index contributed by atoms with van der Waals surface area (Å²) >= 11 is 0. The first-order valence-corrected chi connectivity index (χ1v) is 8.51. The van der Waals surface area contributed by atoms with Gasteiger partial charge in [-0.25, -0.2) is 4.98 Å². The van der Waals surface area contributed by atoms with Gasteiger partial charge in [0.2, 0.25) is 0 Å². The van der Waals surface area contributed by atoms with Gasteiger partial charge in [0.05, 0.1) is 11.9 Å². The predicted octanol–water partition coefficient (Wildman–Crippen LogP) is 3.05. The van der Waals surface area contributed by atoms with Crippen LogP contribution in [0.1, 0.15) is 41.0 Å². The molecule has 0 atom stereocenters. The Bertz CT molecular complexity index is 676. The van der Waals surface area contributed by atoms with E-state index in [0.29, 0.717) is 12.2 Å². The molecule has 0 unspecified atom stereocenters. The lowest BCUT2D eigenvalue weighted by Gasteiger charge is -2.29. The van der Waals surface area contributed by atoms with E-state index in [1.807, 2.05) is 6.92 Å². The molecule has 3 rings (SSSR count). The highest BCUT2D eigenvalue weighted by molar-refractivity contribution is 5.91. The number of rotatable bonds is 4. The summed E-state index contributed by atoms with van der Waals surface area (Å²) in [6, 6.07) is 8.53. The largest absolute Gasteiger partial charge is 0.372 e. The van der Waals surface area contributed by atoms with Crippen LogP contribution < -0.4 is 4.90 Å². The van der Waals surface area contributed by atoms with E-state index in [2.05, 4.69) is 39.1 Å². The Morgan fingerprint density at radius 2 is 1.79 bits per heavy atom. The minimum absolute atomic E-state index is 0.109. The smallest absolute Gasteiger partial charge is 0.274 e. The predicted molar refractivity (Wildman–Crippen MR) is 95.1 cm³/mol. The summed E-state index contributed by atoms with van der Waals surface area (Å²) in [4.78, 5) is 24.8. The topological polar surface area (TPSA) is 49.3 Å². The number of piperidine rings is 1. The molecule has 2 heterocycles. The Balaban J connectivity index is 1.62. The molecule has 0 spiro atoms. The first-order chi connectivity index (χ1) is 11.6. The standard InChI is InChI=1S/C19H24N4O/c1-15-12-21-18(13-20-15)19(24)22(2)14-16-6-8-17(9-7-16)23-10-4-3-5-11-23/h6-9,12-13H,3-5,10-11,14H2,1-2H3. The zero-order valence-corrected chi connectivity index (χ0v) is 14.4. The van der Waals surface area contributed by atoms with Gasteiger partial charge in [-0.05, 0) is 43.9 Å². The van der Waals surface area contributed by atoms with Crippen LogP contribution in [0.25, 0.3) is 0 Å². The first-order valence-electron chi connectivity index (χ1n) is 8.51. The molecule has 1 aliphatic rings. The third-order valence-electron chi connectivity index (χ3n) is 4.42. The molecule has 24 heavy (non-hydrogen) atoms. The quantitative estimate of drug-likeness (QED) is 0.867. The number of hydrogen-bond donors (Lipinski definition) is 0. The molecule has 1 amide bonds. The SMILES string of the molecule is Cc1cnc(C(=O)N(C)Cc2ccc(N3CCCCC3)cc2)cn1. The second kappa shape index (κ2) is 7.43. The normalized spacial score (nSPS) is 14.5. The summed E-state index contributed by atoms with van der Waals surface area (Å²) in [7, 11) is 1.79. The molecular weight excluding hydrogens is 300 g/mol. The van der Waals surface area contributed by atoms with Crippen LogP contribution in [0.3, 0.4) is 0 Å². The van der Waals surface area contributed by atoms with Crippen molar-refractivity contribution in [3.63, 3.8) is 0 Å². The van der Waals surface area contributed by atoms with Crippen LogP contribution in [0.4, 0.5) is 5.69 Å². The highest BCUT2D eigenvalue weighted by Crippen LogP contribution is 2.20. The van der Waals surface area contributed by atoms with Gasteiger partial charge in [-0.3, -0.25) is 9.78 Å². The molecule has 0 bridgehead atoms. The van der Waals surface area contributed by atoms with Gasteiger partial charge in [0, 0.05) is 38.6 Å². The average Bonchev–Trinajstić information content (AvgIpc) is 2.63. The molecule has 1 saturated heterocycles. The van der Waals surface area contributed by atoms with Gasteiger partial charge in [-0.1, -0.05) is 12.1 Å². The number of nitrogens with zero attached hydrogens (tertiary/aromatic N) is 4. The highest BCUT2D eigenvalue weighted by atomic mass is 16.2. The van der Waals surface area contributed by atoms with E-state index in [-0.39, 0.29) is 5.91 Å². The van der Waals surface area contributed by atoms with Crippen LogP contribution in [-0.2, 0) is 6.54 Å². The molecule has 2 aromatic rings. The Kier molecular flexibility index (Phi) is 5.08. The minimum Gasteiger partial charge on any atom is -0.372 e. The van der Waals surface area contributed by atoms with Gasteiger partial charge in [0.1, 0.15) is 5.69 Å². The van der Waals surface area contributed by atoms with E-state index >= 15 is 0 Å². The maximum Gasteiger partial charge on any atom is 0.274 e. The van der Waals surface area contributed by atoms with Crippen molar-refractivity contribution in [1.82, 2.24) is 14.9 Å². The van der Waals surface area contributed by atoms with Crippen molar-refractivity contribution in [3.05, 3.63) is 53.6 Å². The number of benzene rings is 1. The lowest BCUT2D eigenvalue weighted by Crippen LogP contribution is -2.29. The van der Waals surface area contributed by atoms with Crippen LogP contribution in [0.5, 0.6) is 0 Å². The number of hydrogen-bond acceptors (Lipinski definition) is 4. The minimum atomic E-state index is -0.109. The van der Waals surface area contributed by atoms with Crippen molar-refractivity contribution in [2.45, 2.75) is 32.7 Å². The maximum atomic E-state index is 12.4. The second-order valence-electron chi connectivity index (χ2n) is 6.42. The molecular formula is C19H24N4O. The van der Waals surface area contributed by atoms with Crippen LogP contribution in [0, 0.1) is 6.92 Å². The Morgan fingerprint density at radius 3 is 2.42 bits per heavy atom. The first kappa shape index (κ1) is 16.4. The summed E-state index contributed by atoms with van der Waals surface area (Å²) in [6.45, 7) is 4.71. The average molecular weight is 324 g/mol. The van der Waals surface area contributed by atoms with Gasteiger partial charge >= 0.3 is 0 Å². The van der Waals surface area contributed by atoms with Gasteiger partial charge in [-0.15, -0.1) is 0 Å². The number of aryl methyl sites for hydroxylation is 1. The van der Waals surface area contributed by atoms with Crippen LogP contribution in [0.2, 0.25) is 0 Å². The third-order valence-corrected chi connectivity index (χ3v) is 4.42. The molecule has 1 aromatic carbocycles. The summed E-state index contributed by atoms with van der Waals surface area (Å²) in [5, 5.41) is 0. The van der Waals surface area contributed by atoms with Crippen molar-refractivity contribution in [2.75, 3.05) is 25.0 Å². The van der Waals surface area contributed by atoms with Crippen molar-refractivity contribution in [3.8, 4) is 0 Å². The monoisotopic (exact) mass is 324 g/mol. The number of carbonyl (C=O) groups is 1. The second-order valence-corrected chi connectivity index (χ2v) is 6.42. The van der Waals surface area contributed by atoms with E-state index in [0.717, 1.165) is 24.3 Å². The summed E-state index contributed by atoms with van der Waals surface area (Å²) < 4.78 is 0. The van der Waals surface area contributed by atoms with Gasteiger partial charge in [-0.2, -0.15) is 0 Å². The van der Waals surface area contributed by atoms with Crippen LogP contribution >= 0.6 is 0 Å². The Labute approximate surface area is 143 Å². The molecule has 1 fully saturated rings. The molecule has 5 nitrogen and oxygen atoms in total. The van der Waals surface area contributed by atoms with Gasteiger partial charge in [0.25, 0.3) is 5.91 Å². The van der Waals surface area contributed by atoms with E-state index in [9.17, 15) is 4.79 Å². The van der Waals surface area contributed by atoms with E-state index in [1.165, 1.54) is 31.1 Å². The summed E-state index contributed by atoms with van der Waals surface area (Å²) in [5.41, 5.74) is 3.58. The van der Waals surface area contributed by atoms with E-state index in [1.54, 1.807) is 18.1 Å². The molecule has 1 aromatic heterocycles. The highest BCUT2D eigenvalue weighted by Gasteiger charge is 2.14. The molecule has 0 aliphatic carbocycles. The number of carbonyl (C=O) groups excluding carboxylic acids is 1. The Hall–Kier alpha value is -2.43. The molecule has 1 aliphatic heterocycles. The van der Waals surface area contributed by atoms with E-state index < -0.39 is 0 Å². The molecule has 5 heteroatoms. The number of amides is 1. The Morgan fingerprint density at radius 1 is 1.08 bits per heavy atom. The molecule has 0 N–H and O–H groups in total. The van der Waals surface area contributed by atoms with Crippen LogP contribution in [0.15, 0.2) is 36.7 Å². The zero-order valence-electron chi connectivity index (χ0n) is 14.4. The van der Waals surface area contributed by atoms with Gasteiger partial charge < -0.3 is 9.80 Å². The third kappa shape index (κ3) is 3.91. The maximum absolute atomic E-state index is 12.4. The van der Waals surface area contributed by atoms with Crippen LogP contribution in [-0.4, -0.2) is 40.9 Å². The number of anilines is 1. The fourth-order valence-corrected chi connectivity index (χ4v) is 3.01. The van der Waals surface area contributed by atoms with Crippen molar-refractivity contribution in [1.29, 1.82) is 0 Å². The summed E-state index contributed by atoms with van der Waals surface area (Å²) in [6.07, 6.45) is 7.04. The van der Waals surface area contributed by atoms with E-state index in [4.69, 9.17) is 0 Å². The number of aromatic nitrogens is 2. The molecule has 0 saturated carbocycles.